The highest BCUT2D eigenvalue weighted by Gasteiger charge is 1.96. The standard InChI is InChI=1S/C13H12BrFN2O/c14-10-4-5-13(17-9-10)16-6-7-18-12-3-1-2-11(15)8-12/h1-5,8-9H,6-7H2,(H,16,17). The van der Waals surface area contributed by atoms with Gasteiger partial charge in [0.05, 0.1) is 6.54 Å². The van der Waals surface area contributed by atoms with Crippen LogP contribution in [-0.4, -0.2) is 18.1 Å². The lowest BCUT2D eigenvalue weighted by Crippen LogP contribution is -2.12. The second kappa shape index (κ2) is 6.35. The Kier molecular flexibility index (Phi) is 4.52. The first-order valence-corrected chi connectivity index (χ1v) is 6.27. The van der Waals surface area contributed by atoms with Gasteiger partial charge in [0.15, 0.2) is 0 Å². The SMILES string of the molecule is Fc1cccc(OCCNc2ccc(Br)cn2)c1. The summed E-state index contributed by atoms with van der Waals surface area (Å²) in [6, 6.07) is 9.86. The van der Waals surface area contributed by atoms with Crippen molar-refractivity contribution in [2.24, 2.45) is 0 Å². The highest BCUT2D eigenvalue weighted by atomic mass is 79.9. The van der Waals surface area contributed by atoms with Gasteiger partial charge in [-0.1, -0.05) is 6.07 Å². The Morgan fingerprint density at radius 1 is 1.28 bits per heavy atom. The van der Waals surface area contributed by atoms with Crippen LogP contribution in [0.15, 0.2) is 47.1 Å². The van der Waals surface area contributed by atoms with E-state index in [1.54, 1.807) is 18.3 Å². The number of rotatable bonds is 5. The maximum Gasteiger partial charge on any atom is 0.126 e. The lowest BCUT2D eigenvalue weighted by atomic mass is 10.3. The third kappa shape index (κ3) is 4.00. The zero-order valence-corrected chi connectivity index (χ0v) is 11.2. The van der Waals surface area contributed by atoms with E-state index in [1.807, 2.05) is 12.1 Å². The molecule has 1 N–H and O–H groups in total. The molecule has 0 unspecified atom stereocenters. The first-order valence-electron chi connectivity index (χ1n) is 5.48. The summed E-state index contributed by atoms with van der Waals surface area (Å²) in [6.07, 6.45) is 1.72. The lowest BCUT2D eigenvalue weighted by molar-refractivity contribution is 0.331. The minimum absolute atomic E-state index is 0.296. The minimum Gasteiger partial charge on any atom is -0.492 e. The van der Waals surface area contributed by atoms with Gasteiger partial charge in [-0.05, 0) is 40.2 Å². The Hall–Kier alpha value is -1.62. The Bertz CT molecular complexity index is 505. The molecule has 94 valence electrons. The average molecular weight is 311 g/mol. The molecule has 2 aromatic rings. The molecule has 0 aliphatic carbocycles. The Balaban J connectivity index is 1.74. The zero-order valence-electron chi connectivity index (χ0n) is 9.57. The molecule has 1 aromatic carbocycles. The smallest absolute Gasteiger partial charge is 0.126 e. The molecular formula is C13H12BrFN2O. The third-order valence-corrected chi connectivity index (χ3v) is 2.67. The summed E-state index contributed by atoms with van der Waals surface area (Å²) in [5, 5.41) is 3.11. The van der Waals surface area contributed by atoms with Crippen LogP contribution in [0.3, 0.4) is 0 Å². The van der Waals surface area contributed by atoms with E-state index in [9.17, 15) is 4.39 Å². The van der Waals surface area contributed by atoms with Crippen LogP contribution >= 0.6 is 15.9 Å². The molecule has 0 spiro atoms. The van der Waals surface area contributed by atoms with Crippen molar-refractivity contribution in [3.63, 3.8) is 0 Å². The van der Waals surface area contributed by atoms with Gasteiger partial charge in [0.25, 0.3) is 0 Å². The van der Waals surface area contributed by atoms with E-state index in [1.165, 1.54) is 12.1 Å². The molecule has 0 saturated heterocycles. The third-order valence-electron chi connectivity index (χ3n) is 2.20. The number of pyridine rings is 1. The van der Waals surface area contributed by atoms with Crippen LogP contribution in [-0.2, 0) is 0 Å². The summed E-state index contributed by atoms with van der Waals surface area (Å²) in [4.78, 5) is 4.16. The van der Waals surface area contributed by atoms with E-state index in [-0.39, 0.29) is 5.82 Å². The highest BCUT2D eigenvalue weighted by Crippen LogP contribution is 2.12. The lowest BCUT2D eigenvalue weighted by Gasteiger charge is -2.08. The molecule has 0 amide bonds. The van der Waals surface area contributed by atoms with E-state index < -0.39 is 0 Å². The summed E-state index contributed by atoms with van der Waals surface area (Å²) in [7, 11) is 0. The van der Waals surface area contributed by atoms with Gasteiger partial charge in [-0.25, -0.2) is 9.37 Å². The van der Waals surface area contributed by atoms with Crippen molar-refractivity contribution in [1.82, 2.24) is 4.98 Å². The molecule has 0 fully saturated rings. The molecule has 1 heterocycles. The van der Waals surface area contributed by atoms with Gasteiger partial charge < -0.3 is 10.1 Å². The van der Waals surface area contributed by atoms with Crippen LogP contribution in [0.4, 0.5) is 10.2 Å². The molecule has 5 heteroatoms. The Labute approximate surface area is 113 Å². The van der Waals surface area contributed by atoms with Gasteiger partial charge in [0.1, 0.15) is 24.0 Å². The largest absolute Gasteiger partial charge is 0.492 e. The molecule has 0 radical (unpaired) electrons. The number of halogens is 2. The number of hydrogen-bond acceptors (Lipinski definition) is 3. The Morgan fingerprint density at radius 3 is 2.89 bits per heavy atom. The van der Waals surface area contributed by atoms with Crippen LogP contribution in [0, 0.1) is 5.82 Å². The van der Waals surface area contributed by atoms with E-state index in [2.05, 4.69) is 26.2 Å². The summed E-state index contributed by atoms with van der Waals surface area (Å²) < 4.78 is 19.2. The van der Waals surface area contributed by atoms with E-state index in [0.29, 0.717) is 18.9 Å². The number of nitrogens with zero attached hydrogens (tertiary/aromatic N) is 1. The van der Waals surface area contributed by atoms with Crippen molar-refractivity contribution in [3.8, 4) is 5.75 Å². The number of nitrogens with one attached hydrogen (secondary N) is 1. The molecular weight excluding hydrogens is 299 g/mol. The minimum atomic E-state index is -0.296. The van der Waals surface area contributed by atoms with Crippen LogP contribution in [0.1, 0.15) is 0 Å². The number of hydrogen-bond donors (Lipinski definition) is 1. The van der Waals surface area contributed by atoms with E-state index >= 15 is 0 Å². The predicted molar refractivity (Wildman–Crippen MR) is 72.3 cm³/mol. The maximum atomic E-state index is 12.9. The second-order valence-electron chi connectivity index (χ2n) is 3.59. The van der Waals surface area contributed by atoms with Crippen molar-refractivity contribution < 1.29 is 9.13 Å². The fraction of sp³-hybridized carbons (Fsp3) is 0.154. The molecule has 3 nitrogen and oxygen atoms in total. The van der Waals surface area contributed by atoms with Gasteiger partial charge in [0.2, 0.25) is 0 Å². The van der Waals surface area contributed by atoms with E-state index in [4.69, 9.17) is 4.74 Å². The summed E-state index contributed by atoms with van der Waals surface area (Å²) in [6.45, 7) is 1.05. The number of benzene rings is 1. The summed E-state index contributed by atoms with van der Waals surface area (Å²) in [5.41, 5.74) is 0. The van der Waals surface area contributed by atoms with Crippen LogP contribution in [0.5, 0.6) is 5.75 Å². The molecule has 18 heavy (non-hydrogen) atoms. The first kappa shape index (κ1) is 12.8. The van der Waals surface area contributed by atoms with Crippen molar-refractivity contribution in [3.05, 3.63) is 52.9 Å². The van der Waals surface area contributed by atoms with Gasteiger partial charge in [0, 0.05) is 16.7 Å². The summed E-state index contributed by atoms with van der Waals surface area (Å²) in [5.74, 6) is 1.01. The van der Waals surface area contributed by atoms with Crippen LogP contribution in [0.25, 0.3) is 0 Å². The van der Waals surface area contributed by atoms with Crippen molar-refractivity contribution in [1.29, 1.82) is 0 Å². The molecule has 0 aliphatic rings. The quantitative estimate of drug-likeness (QED) is 0.859. The normalized spacial score (nSPS) is 10.1. The number of anilines is 1. The van der Waals surface area contributed by atoms with Crippen molar-refractivity contribution >= 4 is 21.7 Å². The summed E-state index contributed by atoms with van der Waals surface area (Å²) >= 11 is 3.31. The number of ether oxygens (including phenoxy) is 1. The molecule has 0 bridgehead atoms. The monoisotopic (exact) mass is 310 g/mol. The van der Waals surface area contributed by atoms with Gasteiger partial charge >= 0.3 is 0 Å². The molecule has 0 atom stereocenters. The molecule has 2 rings (SSSR count). The van der Waals surface area contributed by atoms with Gasteiger partial charge in [-0.2, -0.15) is 0 Å². The molecule has 0 aliphatic heterocycles. The molecule has 1 aromatic heterocycles. The topological polar surface area (TPSA) is 34.1 Å². The molecule has 0 saturated carbocycles. The van der Waals surface area contributed by atoms with Crippen molar-refractivity contribution in [2.75, 3.05) is 18.5 Å². The van der Waals surface area contributed by atoms with E-state index in [0.717, 1.165) is 10.3 Å². The van der Waals surface area contributed by atoms with Gasteiger partial charge in [-0.15, -0.1) is 0 Å². The van der Waals surface area contributed by atoms with Crippen LogP contribution in [0.2, 0.25) is 0 Å². The number of aromatic nitrogens is 1. The van der Waals surface area contributed by atoms with Crippen molar-refractivity contribution in [2.45, 2.75) is 0 Å². The second-order valence-corrected chi connectivity index (χ2v) is 4.51. The van der Waals surface area contributed by atoms with Crippen LogP contribution < -0.4 is 10.1 Å². The average Bonchev–Trinajstić information content (AvgIpc) is 2.37. The first-order chi connectivity index (χ1) is 8.74. The fourth-order valence-electron chi connectivity index (χ4n) is 1.39. The predicted octanol–water partition coefficient (Wildman–Crippen LogP) is 3.47. The van der Waals surface area contributed by atoms with Gasteiger partial charge in [-0.3, -0.25) is 0 Å². The zero-order chi connectivity index (χ0) is 12.8. The fourth-order valence-corrected chi connectivity index (χ4v) is 1.62. The highest BCUT2D eigenvalue weighted by molar-refractivity contribution is 9.10. The Morgan fingerprint density at radius 2 is 2.17 bits per heavy atom. The maximum absolute atomic E-state index is 12.9.